The van der Waals surface area contributed by atoms with Gasteiger partial charge < -0.3 is 16.2 Å². The number of carbonyl (C=O) groups is 2. The van der Waals surface area contributed by atoms with Gasteiger partial charge >= 0.3 is 5.97 Å². The van der Waals surface area contributed by atoms with E-state index in [9.17, 15) is 9.59 Å². The van der Waals surface area contributed by atoms with Crippen molar-refractivity contribution in [3.05, 3.63) is 82.3 Å². The predicted octanol–water partition coefficient (Wildman–Crippen LogP) is 3.59. The van der Waals surface area contributed by atoms with Crippen molar-refractivity contribution >= 4 is 34.6 Å². The van der Waals surface area contributed by atoms with Crippen LogP contribution in [-0.4, -0.2) is 32.0 Å². The summed E-state index contributed by atoms with van der Waals surface area (Å²) in [5.74, 6) is -1.44. The van der Waals surface area contributed by atoms with Crippen molar-refractivity contribution in [2.75, 3.05) is 11.1 Å². The Morgan fingerprint density at radius 3 is 2.77 bits per heavy atom. The van der Waals surface area contributed by atoms with Crippen LogP contribution in [0.25, 0.3) is 11.1 Å². The number of carbonyl (C=O) groups excluding carboxylic acids is 1. The molecule has 0 aliphatic heterocycles. The predicted molar refractivity (Wildman–Crippen MR) is 115 cm³/mol. The number of aromatic nitrogens is 3. The maximum atomic E-state index is 12.6. The molecule has 4 N–H and O–H groups in total. The van der Waals surface area contributed by atoms with Crippen molar-refractivity contribution in [2.45, 2.75) is 6.54 Å². The molecule has 4 rings (SSSR count). The average Bonchev–Trinajstić information content (AvgIpc) is 3.42. The normalized spacial score (nSPS) is 10.7. The van der Waals surface area contributed by atoms with E-state index in [0.29, 0.717) is 11.4 Å². The first-order chi connectivity index (χ1) is 14.5. The van der Waals surface area contributed by atoms with Gasteiger partial charge in [0.1, 0.15) is 0 Å². The maximum Gasteiger partial charge on any atom is 0.335 e. The fourth-order valence-electron chi connectivity index (χ4n) is 2.93. The Morgan fingerprint density at radius 1 is 1.13 bits per heavy atom. The van der Waals surface area contributed by atoms with E-state index in [1.807, 2.05) is 29.0 Å². The first-order valence-corrected chi connectivity index (χ1v) is 9.90. The van der Waals surface area contributed by atoms with Crippen LogP contribution in [0.1, 0.15) is 26.4 Å². The molecule has 0 saturated carbocycles. The first-order valence-electron chi connectivity index (χ1n) is 8.95. The van der Waals surface area contributed by atoms with E-state index >= 15 is 0 Å². The van der Waals surface area contributed by atoms with Crippen LogP contribution < -0.4 is 11.1 Å². The van der Waals surface area contributed by atoms with Crippen molar-refractivity contribution in [2.24, 2.45) is 0 Å². The number of thiophene rings is 1. The molecular weight excluding hydrogens is 402 g/mol. The number of hydrogen-bond donors (Lipinski definition) is 3. The highest BCUT2D eigenvalue weighted by Gasteiger charge is 2.14. The smallest absolute Gasteiger partial charge is 0.335 e. The quantitative estimate of drug-likeness (QED) is 0.411. The van der Waals surface area contributed by atoms with Gasteiger partial charge in [-0.2, -0.15) is 11.3 Å². The third-order valence-corrected chi connectivity index (χ3v) is 5.13. The number of aromatic carboxylic acids is 1. The van der Waals surface area contributed by atoms with Crippen molar-refractivity contribution in [1.82, 2.24) is 15.0 Å². The van der Waals surface area contributed by atoms with Gasteiger partial charge in [0.05, 0.1) is 29.7 Å². The first kappa shape index (κ1) is 19.3. The molecule has 0 fully saturated rings. The fourth-order valence-corrected chi connectivity index (χ4v) is 3.59. The zero-order valence-electron chi connectivity index (χ0n) is 15.6. The molecule has 0 unspecified atom stereocenters. The van der Waals surface area contributed by atoms with Gasteiger partial charge in [-0.15, -0.1) is 5.10 Å². The minimum Gasteiger partial charge on any atom is -0.478 e. The molecule has 2 aromatic heterocycles. The molecule has 9 heteroatoms. The van der Waals surface area contributed by atoms with Crippen LogP contribution in [0.15, 0.2) is 65.5 Å². The molecular formula is C21H17N5O3S. The largest absolute Gasteiger partial charge is 0.478 e. The van der Waals surface area contributed by atoms with E-state index in [4.69, 9.17) is 10.8 Å². The number of nitrogen functional groups attached to an aromatic ring is 1. The van der Waals surface area contributed by atoms with Crippen LogP contribution in [0.2, 0.25) is 0 Å². The van der Waals surface area contributed by atoms with Crippen LogP contribution in [-0.2, 0) is 6.54 Å². The molecule has 4 aromatic rings. The van der Waals surface area contributed by atoms with E-state index in [2.05, 4.69) is 15.6 Å². The van der Waals surface area contributed by atoms with E-state index in [0.717, 1.165) is 16.7 Å². The lowest BCUT2D eigenvalue weighted by Crippen LogP contribution is -2.13. The van der Waals surface area contributed by atoms with E-state index in [-0.39, 0.29) is 17.8 Å². The second kappa shape index (κ2) is 8.18. The number of hydrogen-bond acceptors (Lipinski definition) is 6. The van der Waals surface area contributed by atoms with Gasteiger partial charge in [0.15, 0.2) is 5.69 Å². The number of carboxylic acid groups (broad SMARTS) is 1. The van der Waals surface area contributed by atoms with Crippen LogP contribution in [0, 0.1) is 0 Å². The SMILES string of the molecule is Nc1ccc(-c2ccsc2)cc1NC(=O)c1cn(Cc2cccc(C(=O)O)c2)nn1. The highest BCUT2D eigenvalue weighted by Crippen LogP contribution is 2.28. The summed E-state index contributed by atoms with van der Waals surface area (Å²) >= 11 is 1.59. The maximum absolute atomic E-state index is 12.6. The third kappa shape index (κ3) is 4.20. The number of amides is 1. The number of anilines is 2. The lowest BCUT2D eigenvalue weighted by Gasteiger charge is -2.09. The van der Waals surface area contributed by atoms with E-state index < -0.39 is 11.9 Å². The number of nitrogens with two attached hydrogens (primary N) is 1. The van der Waals surface area contributed by atoms with Crippen molar-refractivity contribution in [3.8, 4) is 11.1 Å². The molecule has 0 saturated heterocycles. The van der Waals surface area contributed by atoms with Gasteiger partial charge in [0.2, 0.25) is 0 Å². The minimum absolute atomic E-state index is 0.129. The second-order valence-corrected chi connectivity index (χ2v) is 7.36. The average molecular weight is 419 g/mol. The lowest BCUT2D eigenvalue weighted by molar-refractivity contribution is 0.0696. The van der Waals surface area contributed by atoms with Crippen molar-refractivity contribution in [1.29, 1.82) is 0 Å². The van der Waals surface area contributed by atoms with Gasteiger partial charge in [-0.05, 0) is 57.8 Å². The molecule has 1 amide bonds. The van der Waals surface area contributed by atoms with Crippen LogP contribution in [0.3, 0.4) is 0 Å². The summed E-state index contributed by atoms with van der Waals surface area (Å²) in [5.41, 5.74) is 10.00. The summed E-state index contributed by atoms with van der Waals surface area (Å²) in [4.78, 5) is 23.7. The van der Waals surface area contributed by atoms with Crippen LogP contribution in [0.4, 0.5) is 11.4 Å². The second-order valence-electron chi connectivity index (χ2n) is 6.58. The van der Waals surface area contributed by atoms with Crippen molar-refractivity contribution < 1.29 is 14.7 Å². The van der Waals surface area contributed by atoms with Crippen molar-refractivity contribution in [3.63, 3.8) is 0 Å². The molecule has 0 aliphatic rings. The Labute approximate surface area is 175 Å². The molecule has 150 valence electrons. The topological polar surface area (TPSA) is 123 Å². The Balaban J connectivity index is 1.49. The number of rotatable bonds is 6. The summed E-state index contributed by atoms with van der Waals surface area (Å²) in [5, 5.41) is 23.7. The standard InChI is InChI=1S/C21H17N5O3S/c22-17-5-4-14(16-6-7-30-12-16)9-18(17)23-20(27)19-11-26(25-24-19)10-13-2-1-3-15(8-13)21(28)29/h1-9,11-12H,10,22H2,(H,23,27)(H,28,29). The molecule has 0 atom stereocenters. The summed E-state index contributed by atoms with van der Waals surface area (Å²) in [6.07, 6.45) is 1.50. The summed E-state index contributed by atoms with van der Waals surface area (Å²) in [6, 6.07) is 14.0. The molecule has 30 heavy (non-hydrogen) atoms. The Kier molecular flexibility index (Phi) is 5.27. The number of carboxylic acids is 1. The molecule has 8 nitrogen and oxygen atoms in total. The van der Waals surface area contributed by atoms with E-state index in [1.54, 1.807) is 35.6 Å². The monoisotopic (exact) mass is 419 g/mol. The molecule has 0 radical (unpaired) electrons. The van der Waals surface area contributed by atoms with E-state index in [1.165, 1.54) is 16.9 Å². The highest BCUT2D eigenvalue weighted by molar-refractivity contribution is 7.08. The molecule has 2 heterocycles. The third-order valence-electron chi connectivity index (χ3n) is 4.45. The van der Waals surface area contributed by atoms with Gasteiger partial charge in [-0.3, -0.25) is 4.79 Å². The summed E-state index contributed by atoms with van der Waals surface area (Å²) in [7, 11) is 0. The van der Waals surface area contributed by atoms with Crippen LogP contribution >= 0.6 is 11.3 Å². The summed E-state index contributed by atoms with van der Waals surface area (Å²) < 4.78 is 1.47. The molecule has 0 spiro atoms. The minimum atomic E-state index is -1.00. The summed E-state index contributed by atoms with van der Waals surface area (Å²) in [6.45, 7) is 0.289. The number of nitrogens with one attached hydrogen (secondary N) is 1. The van der Waals surface area contributed by atoms with Gasteiger partial charge in [-0.25, -0.2) is 9.48 Å². The Morgan fingerprint density at radius 2 is 2.00 bits per heavy atom. The molecule has 0 aliphatic carbocycles. The molecule has 2 aromatic carbocycles. The zero-order chi connectivity index (χ0) is 21.1. The number of benzene rings is 2. The van der Waals surface area contributed by atoms with Gasteiger partial charge in [0, 0.05) is 0 Å². The van der Waals surface area contributed by atoms with Gasteiger partial charge in [0.25, 0.3) is 5.91 Å². The fraction of sp³-hybridized carbons (Fsp3) is 0.0476. The number of nitrogens with zero attached hydrogens (tertiary/aromatic N) is 3. The van der Waals surface area contributed by atoms with Gasteiger partial charge in [-0.1, -0.05) is 23.4 Å². The highest BCUT2D eigenvalue weighted by atomic mass is 32.1. The Bertz CT molecular complexity index is 1220. The Hall–Kier alpha value is -3.98. The molecule has 0 bridgehead atoms. The van der Waals surface area contributed by atoms with Crippen LogP contribution in [0.5, 0.6) is 0 Å². The zero-order valence-corrected chi connectivity index (χ0v) is 16.5. The lowest BCUT2D eigenvalue weighted by atomic mass is 10.1.